The number of ether oxygens (including phenoxy) is 4. The Morgan fingerprint density at radius 3 is 1.55 bits per heavy atom. The van der Waals surface area contributed by atoms with Crippen LogP contribution >= 0.6 is 7.82 Å². The number of unbranched alkanes of at least 4 members (excludes halogenated alkanes) is 9. The number of rotatable bonds is 36. The Balaban J connectivity index is 6.42. The van der Waals surface area contributed by atoms with Gasteiger partial charge in [0.25, 0.3) is 0 Å². The van der Waals surface area contributed by atoms with Crippen LogP contribution in [0.5, 0.6) is 0 Å². The maximum Gasteiger partial charge on any atom is 0.492 e. The standard InChI is InChI=1S/C43H84NO16PSi/c1-12-14-15-16-17-18-19-20-21-22-25-56-38(48)43(8,33-41(6,13-2)37(47)57-28-29-60-61(50,51)59-27-24-44(9,10)11)34-42(7,39(49)58-31-35(3)45)32-40(4,5)36(46)55-26-23-30-62(52,53)54/h35,45,52-54H,12-34H2,1-11H3/p+1. The molecule has 0 aliphatic heterocycles. The van der Waals surface area contributed by atoms with Crippen molar-refractivity contribution in [1.29, 1.82) is 0 Å². The second kappa shape index (κ2) is 28.1. The minimum absolute atomic E-state index is 0.0179. The molecule has 0 aliphatic rings. The molecule has 0 aromatic heterocycles. The second-order valence-corrected chi connectivity index (χ2v) is 23.0. The normalized spacial score (nSPS) is 16.8. The zero-order valence-electron chi connectivity index (χ0n) is 40.0. The van der Waals surface area contributed by atoms with Crippen LogP contribution in [0, 0.1) is 21.7 Å². The van der Waals surface area contributed by atoms with Gasteiger partial charge >= 0.3 is 40.5 Å². The fourth-order valence-electron chi connectivity index (χ4n) is 7.42. The molecule has 0 aliphatic carbocycles. The SMILES string of the molecule is CCCCCCCCCCCCOC(=O)C(C)(CC(C)(CC)C(=O)OCCOP(=O)(O)OCC[N+](C)(C)C)CC(C)(CC(C)(C)C(=O)OCCC[Si](O)(O)O)C(=O)OCC(C)O. The molecule has 0 amide bonds. The van der Waals surface area contributed by atoms with Gasteiger partial charge in [0.2, 0.25) is 0 Å². The monoisotopic (exact) mass is 931 g/mol. The Morgan fingerprint density at radius 1 is 0.597 bits per heavy atom. The molecule has 366 valence electrons. The molecule has 0 aromatic carbocycles. The Bertz CT molecular complexity index is 1390. The molecule has 0 radical (unpaired) electrons. The van der Waals surface area contributed by atoms with Gasteiger partial charge in [0, 0.05) is 6.04 Å². The van der Waals surface area contributed by atoms with Crippen molar-refractivity contribution in [2.75, 3.05) is 67.3 Å². The van der Waals surface area contributed by atoms with Crippen LogP contribution in [-0.4, -0.2) is 135 Å². The van der Waals surface area contributed by atoms with Gasteiger partial charge in [-0.15, -0.1) is 0 Å². The number of carbonyl (C=O) groups is 4. The van der Waals surface area contributed by atoms with E-state index < -0.39 is 81.5 Å². The molecule has 5 atom stereocenters. The average molecular weight is 931 g/mol. The highest BCUT2D eigenvalue weighted by atomic mass is 31.2. The number of likely N-dealkylation sites (N-methyl/N-ethyl adjacent to an activating group) is 1. The predicted molar refractivity (Wildman–Crippen MR) is 236 cm³/mol. The number of aliphatic hydroxyl groups is 1. The van der Waals surface area contributed by atoms with Crippen LogP contribution in [-0.2, 0) is 51.7 Å². The van der Waals surface area contributed by atoms with E-state index in [4.69, 9.17) is 28.0 Å². The number of phosphoric acid groups is 1. The van der Waals surface area contributed by atoms with Gasteiger partial charge in [-0.2, -0.15) is 0 Å². The molecule has 5 unspecified atom stereocenters. The smallest absolute Gasteiger partial charge is 0.465 e. The third-order valence-corrected chi connectivity index (χ3v) is 12.9. The van der Waals surface area contributed by atoms with Crippen molar-refractivity contribution in [1.82, 2.24) is 0 Å². The number of phosphoric ester groups is 1. The first-order valence-electron chi connectivity index (χ1n) is 22.4. The fraction of sp³-hybridized carbons (Fsp3) is 0.907. The third kappa shape index (κ3) is 26.1. The van der Waals surface area contributed by atoms with Gasteiger partial charge in [-0.05, 0) is 80.1 Å². The van der Waals surface area contributed by atoms with Crippen LogP contribution in [0.4, 0.5) is 0 Å². The van der Waals surface area contributed by atoms with E-state index in [9.17, 15) is 48.1 Å². The molecule has 17 nitrogen and oxygen atoms in total. The quantitative estimate of drug-likeness (QED) is 0.0117. The molecule has 0 heterocycles. The lowest BCUT2D eigenvalue weighted by molar-refractivity contribution is -0.870. The number of quaternary nitrogens is 1. The average Bonchev–Trinajstić information content (AvgIpc) is 3.14. The van der Waals surface area contributed by atoms with Gasteiger partial charge in [0.05, 0.1) is 68.7 Å². The van der Waals surface area contributed by atoms with Gasteiger partial charge in [-0.25, -0.2) is 4.57 Å². The molecule has 0 rings (SSSR count). The van der Waals surface area contributed by atoms with E-state index in [2.05, 4.69) is 6.92 Å². The molecular formula is C43H85NO16PSi+. The summed E-state index contributed by atoms with van der Waals surface area (Å²) in [5, 5.41) is 9.99. The summed E-state index contributed by atoms with van der Waals surface area (Å²) in [5.41, 5.74) is -5.89. The maximum absolute atomic E-state index is 14.4. The maximum atomic E-state index is 14.4. The van der Waals surface area contributed by atoms with E-state index in [1.54, 1.807) is 34.6 Å². The first kappa shape index (κ1) is 60.0. The van der Waals surface area contributed by atoms with Crippen molar-refractivity contribution in [2.24, 2.45) is 21.7 Å². The van der Waals surface area contributed by atoms with Crippen LogP contribution < -0.4 is 0 Å². The van der Waals surface area contributed by atoms with Crippen molar-refractivity contribution in [2.45, 2.75) is 164 Å². The number of nitrogens with zero attached hydrogens (tertiary/aromatic N) is 1. The largest absolute Gasteiger partial charge is 0.492 e. The van der Waals surface area contributed by atoms with Crippen LogP contribution in [0.15, 0.2) is 0 Å². The zero-order chi connectivity index (χ0) is 47.9. The van der Waals surface area contributed by atoms with E-state index in [0.717, 1.165) is 25.7 Å². The van der Waals surface area contributed by atoms with Gasteiger partial charge in [0.1, 0.15) is 26.4 Å². The van der Waals surface area contributed by atoms with Crippen molar-refractivity contribution in [3.05, 3.63) is 0 Å². The molecule has 0 aromatic rings. The topological polar surface area (TPSA) is 242 Å². The summed E-state index contributed by atoms with van der Waals surface area (Å²) in [7, 11) is -3.09. The van der Waals surface area contributed by atoms with Crippen molar-refractivity contribution in [3.63, 3.8) is 0 Å². The first-order valence-corrected chi connectivity index (χ1v) is 26.0. The number of aliphatic hydroxyl groups excluding tert-OH is 1. The summed E-state index contributed by atoms with van der Waals surface area (Å²) in [6, 6.07) is -0.344. The van der Waals surface area contributed by atoms with Gasteiger partial charge in [-0.3, -0.25) is 28.2 Å². The van der Waals surface area contributed by atoms with E-state index in [0.29, 0.717) is 17.4 Å². The summed E-state index contributed by atoms with van der Waals surface area (Å²) in [4.78, 5) is 93.8. The molecule has 0 bridgehead atoms. The lowest BCUT2D eigenvalue weighted by Crippen LogP contribution is -2.47. The number of esters is 4. The molecule has 19 heteroatoms. The molecule has 62 heavy (non-hydrogen) atoms. The van der Waals surface area contributed by atoms with Crippen LogP contribution in [0.25, 0.3) is 0 Å². The molecule has 0 saturated heterocycles. The van der Waals surface area contributed by atoms with Crippen LogP contribution in [0.3, 0.4) is 0 Å². The summed E-state index contributed by atoms with van der Waals surface area (Å²) in [5.74, 6) is -2.93. The van der Waals surface area contributed by atoms with E-state index in [1.807, 2.05) is 21.1 Å². The Kier molecular flexibility index (Phi) is 27.2. The zero-order valence-corrected chi connectivity index (χ0v) is 41.9. The molecular weight excluding hydrogens is 846 g/mol. The van der Waals surface area contributed by atoms with Crippen LogP contribution in [0.2, 0.25) is 6.04 Å². The summed E-state index contributed by atoms with van der Waals surface area (Å²) < 4.78 is 45.3. The van der Waals surface area contributed by atoms with E-state index >= 15 is 0 Å². The number of hydrogen-bond acceptors (Lipinski definition) is 15. The second-order valence-electron chi connectivity index (χ2n) is 19.5. The van der Waals surface area contributed by atoms with Gasteiger partial charge in [0.15, 0.2) is 0 Å². The summed E-state index contributed by atoms with van der Waals surface area (Å²) in [6.07, 6.45) is 9.30. The van der Waals surface area contributed by atoms with E-state index in [1.165, 1.54) is 46.0 Å². The molecule has 0 saturated carbocycles. The fourth-order valence-corrected chi connectivity index (χ4v) is 8.73. The minimum Gasteiger partial charge on any atom is -0.465 e. The lowest BCUT2D eigenvalue weighted by atomic mass is 9.61. The van der Waals surface area contributed by atoms with Crippen LogP contribution in [0.1, 0.15) is 152 Å². The van der Waals surface area contributed by atoms with Gasteiger partial charge in [-0.1, -0.05) is 71.6 Å². The molecule has 0 spiro atoms. The van der Waals surface area contributed by atoms with Crippen molar-refractivity contribution >= 4 is 40.5 Å². The van der Waals surface area contributed by atoms with Gasteiger partial charge < -0.3 is 47.8 Å². The van der Waals surface area contributed by atoms with Crippen molar-refractivity contribution < 1.29 is 80.6 Å². The highest BCUT2D eigenvalue weighted by molar-refractivity contribution is 7.47. The van der Waals surface area contributed by atoms with E-state index in [-0.39, 0.29) is 64.6 Å². The first-order chi connectivity index (χ1) is 28.5. The lowest BCUT2D eigenvalue weighted by Gasteiger charge is -2.42. The summed E-state index contributed by atoms with van der Waals surface area (Å²) >= 11 is 0. The highest BCUT2D eigenvalue weighted by Crippen LogP contribution is 2.50. The Hall–Kier alpha value is -1.99. The third-order valence-electron chi connectivity index (χ3n) is 10.9. The molecule has 0 fully saturated rings. The predicted octanol–water partition coefficient (Wildman–Crippen LogP) is 6.23. The van der Waals surface area contributed by atoms with Crippen molar-refractivity contribution in [3.8, 4) is 0 Å². The Morgan fingerprint density at radius 2 is 1.03 bits per heavy atom. The number of hydrogen-bond donors (Lipinski definition) is 5. The molecule has 5 N–H and O–H groups in total. The summed E-state index contributed by atoms with van der Waals surface area (Å²) in [6.45, 7) is 12.3. The highest BCUT2D eigenvalue weighted by Gasteiger charge is 2.53. The number of carbonyl (C=O) groups excluding carboxylic acids is 4. The Labute approximate surface area is 373 Å². The minimum atomic E-state index is -4.43.